The number of benzene rings is 1. The molecule has 1 aromatic carbocycles. The first-order valence-electron chi connectivity index (χ1n) is 9.89. The van der Waals surface area contributed by atoms with Crippen LogP contribution in [0, 0.1) is 10.1 Å². The van der Waals surface area contributed by atoms with Crippen LogP contribution in [-0.4, -0.2) is 68.6 Å². The number of aromatic nitrogens is 2. The van der Waals surface area contributed by atoms with Gasteiger partial charge < -0.3 is 25.1 Å². The number of amides is 2. The molecule has 4 rings (SSSR count). The monoisotopic (exact) mass is 454 g/mol. The topological polar surface area (TPSA) is 106 Å². The number of imidazole rings is 1. The molecule has 10 nitrogen and oxygen atoms in total. The van der Waals surface area contributed by atoms with E-state index in [4.69, 9.17) is 4.74 Å². The maximum atomic E-state index is 12.6. The number of anilines is 1. The number of carbonyl (C=O) groups excluding carboxylic acids is 1. The van der Waals surface area contributed by atoms with Crippen molar-refractivity contribution in [2.75, 3.05) is 38.0 Å². The van der Waals surface area contributed by atoms with Gasteiger partial charge in [0, 0.05) is 43.4 Å². The molecule has 1 N–H and O–H groups in total. The van der Waals surface area contributed by atoms with E-state index >= 15 is 0 Å². The molecule has 13 heteroatoms. The fourth-order valence-electron chi connectivity index (χ4n) is 3.89. The number of carbonyl (C=O) groups is 1. The van der Waals surface area contributed by atoms with E-state index in [0.717, 1.165) is 12.1 Å². The highest BCUT2D eigenvalue weighted by atomic mass is 19.4. The van der Waals surface area contributed by atoms with Crippen LogP contribution in [0.4, 0.5) is 29.5 Å². The van der Waals surface area contributed by atoms with E-state index in [0.29, 0.717) is 45.0 Å². The van der Waals surface area contributed by atoms with Crippen molar-refractivity contribution >= 4 is 17.5 Å². The largest absolute Gasteiger partial charge is 0.436 e. The number of alkyl halides is 3. The quantitative estimate of drug-likeness (QED) is 0.563. The van der Waals surface area contributed by atoms with E-state index in [1.807, 2.05) is 6.92 Å². The number of rotatable bonds is 4. The van der Waals surface area contributed by atoms with Crippen LogP contribution in [0.2, 0.25) is 0 Å². The summed E-state index contributed by atoms with van der Waals surface area (Å²) in [5, 5.41) is 13.4. The number of nitro groups is 1. The van der Waals surface area contributed by atoms with Gasteiger partial charge in [0.15, 0.2) is 0 Å². The highest BCUT2D eigenvalue weighted by Gasteiger charge is 2.42. The second kappa shape index (κ2) is 7.97. The lowest BCUT2D eigenvalue weighted by Crippen LogP contribution is -2.54. The SMILES string of the molecule is CC1(CN2CCN(C(=O)Nc3ccc(C(F)(F)F)cc3)CC2)Cn2cc([N+](=O)[O-])nc2O1. The van der Waals surface area contributed by atoms with Crippen LogP contribution < -0.4 is 10.1 Å². The second-order valence-electron chi connectivity index (χ2n) is 8.09. The van der Waals surface area contributed by atoms with Crippen LogP contribution in [-0.2, 0) is 12.7 Å². The van der Waals surface area contributed by atoms with Gasteiger partial charge >= 0.3 is 24.0 Å². The molecule has 2 aliphatic heterocycles. The van der Waals surface area contributed by atoms with Gasteiger partial charge in [-0.25, -0.2) is 4.79 Å². The van der Waals surface area contributed by atoms with Crippen LogP contribution >= 0.6 is 0 Å². The zero-order valence-electron chi connectivity index (χ0n) is 17.1. The Bertz CT molecular complexity index is 992. The number of nitrogens with zero attached hydrogens (tertiary/aromatic N) is 5. The molecule has 1 atom stereocenters. The van der Waals surface area contributed by atoms with Gasteiger partial charge in [-0.15, -0.1) is 0 Å². The van der Waals surface area contributed by atoms with Crippen molar-refractivity contribution in [1.29, 1.82) is 0 Å². The molecular weight excluding hydrogens is 433 g/mol. The van der Waals surface area contributed by atoms with Crippen LogP contribution in [0.25, 0.3) is 0 Å². The summed E-state index contributed by atoms with van der Waals surface area (Å²) in [6.07, 6.45) is -3.07. The molecule has 0 radical (unpaired) electrons. The Morgan fingerprint density at radius 1 is 1.25 bits per heavy atom. The van der Waals surface area contributed by atoms with Gasteiger partial charge in [-0.3, -0.25) is 9.47 Å². The first kappa shape index (κ1) is 21.9. The van der Waals surface area contributed by atoms with E-state index in [9.17, 15) is 28.1 Å². The summed E-state index contributed by atoms with van der Waals surface area (Å²) in [6, 6.07) is 4.14. The number of ether oxygens (including phenoxy) is 1. The van der Waals surface area contributed by atoms with Crippen LogP contribution in [0.1, 0.15) is 12.5 Å². The molecule has 0 saturated carbocycles. The minimum atomic E-state index is -4.42. The zero-order chi connectivity index (χ0) is 23.1. The van der Waals surface area contributed by atoms with Crippen molar-refractivity contribution in [3.63, 3.8) is 0 Å². The van der Waals surface area contributed by atoms with Gasteiger partial charge in [-0.2, -0.15) is 13.2 Å². The number of urea groups is 1. The predicted octanol–water partition coefficient (Wildman–Crippen LogP) is 2.81. The molecule has 2 amide bonds. The molecule has 0 spiro atoms. The lowest BCUT2D eigenvalue weighted by Gasteiger charge is -2.37. The molecule has 1 unspecified atom stereocenters. The smallest absolute Gasteiger partial charge is 0.416 e. The minimum absolute atomic E-state index is 0.216. The molecular formula is C19H21F3N6O4. The maximum absolute atomic E-state index is 12.6. The van der Waals surface area contributed by atoms with Crippen molar-refractivity contribution in [3.8, 4) is 6.01 Å². The van der Waals surface area contributed by atoms with E-state index in [1.54, 1.807) is 9.47 Å². The Balaban J connectivity index is 1.26. The Kier molecular flexibility index (Phi) is 5.44. The molecule has 2 aromatic rings. The van der Waals surface area contributed by atoms with E-state index < -0.39 is 22.3 Å². The fourth-order valence-corrected chi connectivity index (χ4v) is 3.89. The van der Waals surface area contributed by atoms with Crippen LogP contribution in [0.5, 0.6) is 6.01 Å². The average molecular weight is 454 g/mol. The minimum Gasteiger partial charge on any atom is -0.436 e. The molecule has 32 heavy (non-hydrogen) atoms. The van der Waals surface area contributed by atoms with Gasteiger partial charge in [-0.05, 0) is 36.1 Å². The highest BCUT2D eigenvalue weighted by molar-refractivity contribution is 5.89. The summed E-state index contributed by atoms with van der Waals surface area (Å²) in [5.41, 5.74) is -1.08. The summed E-state index contributed by atoms with van der Waals surface area (Å²) in [7, 11) is 0. The number of halogens is 3. The number of fused-ring (bicyclic) bond motifs is 1. The standard InChI is InChI=1S/C19H21F3N6O4/c1-18(12-27-10-15(28(30)31)24-17(27)32-18)11-25-6-8-26(9-7-25)16(29)23-14-4-2-13(3-5-14)19(20,21)22/h2-5,10H,6-9,11-12H2,1H3,(H,23,29). The normalized spacial score (nSPS) is 21.2. The van der Waals surface area contributed by atoms with Gasteiger partial charge in [0.05, 0.1) is 12.1 Å². The maximum Gasteiger partial charge on any atom is 0.416 e. The third-order valence-electron chi connectivity index (χ3n) is 5.44. The third-order valence-corrected chi connectivity index (χ3v) is 5.44. The van der Waals surface area contributed by atoms with Crippen LogP contribution in [0.15, 0.2) is 30.5 Å². The summed E-state index contributed by atoms with van der Waals surface area (Å²) < 4.78 is 45.4. The number of hydrogen-bond acceptors (Lipinski definition) is 6. The van der Waals surface area contributed by atoms with Crippen molar-refractivity contribution in [3.05, 3.63) is 46.1 Å². The molecule has 3 heterocycles. The van der Waals surface area contributed by atoms with Gasteiger partial charge in [0.25, 0.3) is 0 Å². The molecule has 0 aliphatic carbocycles. The zero-order valence-corrected chi connectivity index (χ0v) is 17.1. The molecule has 0 bridgehead atoms. The van der Waals surface area contributed by atoms with E-state index in [1.165, 1.54) is 18.3 Å². The Hall–Kier alpha value is -3.35. The van der Waals surface area contributed by atoms with Crippen LogP contribution in [0.3, 0.4) is 0 Å². The third kappa shape index (κ3) is 4.61. The van der Waals surface area contributed by atoms with Gasteiger partial charge in [0.1, 0.15) is 11.8 Å². The van der Waals surface area contributed by atoms with Crippen molar-refractivity contribution in [2.24, 2.45) is 0 Å². The number of hydrogen-bond donors (Lipinski definition) is 1. The Morgan fingerprint density at radius 3 is 2.47 bits per heavy atom. The second-order valence-corrected chi connectivity index (χ2v) is 8.09. The van der Waals surface area contributed by atoms with E-state index in [-0.39, 0.29) is 17.9 Å². The highest BCUT2D eigenvalue weighted by Crippen LogP contribution is 2.32. The van der Waals surface area contributed by atoms with Crippen molar-refractivity contribution in [1.82, 2.24) is 19.4 Å². The fraction of sp³-hybridized carbons (Fsp3) is 0.474. The molecule has 2 aliphatic rings. The summed E-state index contributed by atoms with van der Waals surface area (Å²) >= 11 is 0. The first-order valence-corrected chi connectivity index (χ1v) is 9.89. The predicted molar refractivity (Wildman–Crippen MR) is 106 cm³/mol. The average Bonchev–Trinajstić information content (AvgIpc) is 3.23. The van der Waals surface area contributed by atoms with Gasteiger partial charge in [0.2, 0.25) is 0 Å². The summed E-state index contributed by atoms with van der Waals surface area (Å²) in [4.78, 5) is 30.3. The van der Waals surface area contributed by atoms with Crippen molar-refractivity contribution in [2.45, 2.75) is 25.2 Å². The van der Waals surface area contributed by atoms with E-state index in [2.05, 4.69) is 15.2 Å². The molecule has 1 fully saturated rings. The number of nitrogens with one attached hydrogen (secondary N) is 1. The lowest BCUT2D eigenvalue weighted by atomic mass is 10.1. The molecule has 1 aromatic heterocycles. The first-order chi connectivity index (χ1) is 15.0. The summed E-state index contributed by atoms with van der Waals surface area (Å²) in [6.45, 7) is 4.94. The number of piperazine rings is 1. The Labute approximate surface area is 180 Å². The summed E-state index contributed by atoms with van der Waals surface area (Å²) in [5.74, 6) is -0.255. The molecule has 172 valence electrons. The van der Waals surface area contributed by atoms with Gasteiger partial charge in [-0.1, -0.05) is 0 Å². The lowest BCUT2D eigenvalue weighted by molar-refractivity contribution is -0.389. The van der Waals surface area contributed by atoms with Crippen molar-refractivity contribution < 1.29 is 27.6 Å². The Morgan fingerprint density at radius 2 is 1.91 bits per heavy atom. The molecule has 1 saturated heterocycles.